The van der Waals surface area contributed by atoms with Crippen LogP contribution in [0.4, 0.5) is 10.1 Å². The maximum atomic E-state index is 12.9. The molecule has 1 N–H and O–H groups in total. The molecular formula is C19H19FN2O3. The van der Waals surface area contributed by atoms with E-state index in [0.717, 1.165) is 11.3 Å². The number of nitrogens with one attached hydrogen (secondary N) is 1. The number of hydrogen-bond acceptors (Lipinski definition) is 3. The fourth-order valence-electron chi connectivity index (χ4n) is 2.90. The molecular weight excluding hydrogens is 323 g/mol. The van der Waals surface area contributed by atoms with Gasteiger partial charge in [-0.3, -0.25) is 9.59 Å². The van der Waals surface area contributed by atoms with Gasteiger partial charge in [0.05, 0.1) is 19.6 Å². The first-order valence-electron chi connectivity index (χ1n) is 8.03. The number of carbonyl (C=O) groups is 2. The highest BCUT2D eigenvalue weighted by Crippen LogP contribution is 2.25. The number of halogens is 1. The number of methoxy groups -OCH3 is 1. The number of rotatable bonds is 5. The highest BCUT2D eigenvalue weighted by atomic mass is 19.1. The van der Waals surface area contributed by atoms with E-state index < -0.39 is 0 Å². The highest BCUT2D eigenvalue weighted by Gasteiger charge is 2.31. The van der Waals surface area contributed by atoms with Gasteiger partial charge in [0.1, 0.15) is 11.6 Å². The smallest absolute Gasteiger partial charge is 0.229 e. The van der Waals surface area contributed by atoms with Crippen LogP contribution in [-0.4, -0.2) is 31.5 Å². The van der Waals surface area contributed by atoms with E-state index in [1.807, 2.05) is 18.2 Å². The van der Waals surface area contributed by atoms with Gasteiger partial charge >= 0.3 is 0 Å². The number of hydrogen-bond donors (Lipinski definition) is 1. The van der Waals surface area contributed by atoms with Crippen molar-refractivity contribution in [2.45, 2.75) is 18.9 Å². The van der Waals surface area contributed by atoms with Gasteiger partial charge in [-0.05, 0) is 29.8 Å². The van der Waals surface area contributed by atoms with Gasteiger partial charge in [-0.2, -0.15) is 0 Å². The van der Waals surface area contributed by atoms with E-state index in [1.165, 1.54) is 12.1 Å². The van der Waals surface area contributed by atoms with Gasteiger partial charge in [-0.25, -0.2) is 4.39 Å². The zero-order valence-corrected chi connectivity index (χ0v) is 13.9. The quantitative estimate of drug-likeness (QED) is 0.907. The standard InChI is InChI=1S/C19H19FN2O3/c1-25-17-4-2-3-16(11-17)22-12-15(10-19(22)24)21-18(23)9-13-5-7-14(20)8-6-13/h2-8,11,15H,9-10,12H2,1H3,(H,21,23)/t15-/m0/s1. The molecule has 1 atom stereocenters. The first-order chi connectivity index (χ1) is 12.0. The van der Waals surface area contributed by atoms with Crippen molar-refractivity contribution in [2.75, 3.05) is 18.6 Å². The molecule has 3 rings (SSSR count). The minimum absolute atomic E-state index is 0.0414. The summed E-state index contributed by atoms with van der Waals surface area (Å²) in [5.41, 5.74) is 1.48. The molecule has 1 heterocycles. The van der Waals surface area contributed by atoms with E-state index >= 15 is 0 Å². The largest absolute Gasteiger partial charge is 0.497 e. The molecule has 0 bridgehead atoms. The maximum Gasteiger partial charge on any atom is 0.229 e. The van der Waals surface area contributed by atoms with Crippen LogP contribution in [0.25, 0.3) is 0 Å². The Morgan fingerprint density at radius 3 is 2.76 bits per heavy atom. The molecule has 1 saturated heterocycles. The Morgan fingerprint density at radius 2 is 2.04 bits per heavy atom. The summed E-state index contributed by atoms with van der Waals surface area (Å²) in [6, 6.07) is 12.8. The van der Waals surface area contributed by atoms with Crippen LogP contribution in [0.3, 0.4) is 0 Å². The monoisotopic (exact) mass is 342 g/mol. The minimum Gasteiger partial charge on any atom is -0.497 e. The number of amides is 2. The number of benzene rings is 2. The third-order valence-corrected chi connectivity index (χ3v) is 4.13. The lowest BCUT2D eigenvalue weighted by atomic mass is 10.1. The Labute approximate surface area is 145 Å². The van der Waals surface area contributed by atoms with Crippen molar-refractivity contribution in [1.29, 1.82) is 0 Å². The van der Waals surface area contributed by atoms with Crippen molar-refractivity contribution in [1.82, 2.24) is 5.32 Å². The molecule has 0 unspecified atom stereocenters. The van der Waals surface area contributed by atoms with E-state index in [1.54, 1.807) is 30.2 Å². The molecule has 2 aromatic rings. The van der Waals surface area contributed by atoms with Crippen LogP contribution in [0, 0.1) is 5.82 Å². The van der Waals surface area contributed by atoms with Crippen molar-refractivity contribution in [2.24, 2.45) is 0 Å². The number of nitrogens with zero attached hydrogens (tertiary/aromatic N) is 1. The van der Waals surface area contributed by atoms with Gasteiger partial charge in [-0.15, -0.1) is 0 Å². The molecule has 1 aliphatic heterocycles. The van der Waals surface area contributed by atoms with Crippen molar-refractivity contribution in [3.63, 3.8) is 0 Å². The fourth-order valence-corrected chi connectivity index (χ4v) is 2.90. The Kier molecular flexibility index (Phi) is 4.97. The van der Waals surface area contributed by atoms with E-state index in [9.17, 15) is 14.0 Å². The van der Waals surface area contributed by atoms with Gasteiger partial charge in [0, 0.05) is 24.7 Å². The summed E-state index contributed by atoms with van der Waals surface area (Å²) < 4.78 is 18.1. The zero-order valence-electron chi connectivity index (χ0n) is 13.9. The predicted octanol–water partition coefficient (Wildman–Crippen LogP) is 2.30. The second-order valence-corrected chi connectivity index (χ2v) is 5.98. The second-order valence-electron chi connectivity index (χ2n) is 5.98. The van der Waals surface area contributed by atoms with Gasteiger partial charge in [0.15, 0.2) is 0 Å². The Morgan fingerprint density at radius 1 is 1.28 bits per heavy atom. The fraction of sp³-hybridized carbons (Fsp3) is 0.263. The average molecular weight is 342 g/mol. The normalized spacial score (nSPS) is 16.8. The summed E-state index contributed by atoms with van der Waals surface area (Å²) in [5.74, 6) is 0.116. The molecule has 130 valence electrons. The summed E-state index contributed by atoms with van der Waals surface area (Å²) in [6.07, 6.45) is 0.413. The van der Waals surface area contributed by atoms with Crippen LogP contribution in [-0.2, 0) is 16.0 Å². The first kappa shape index (κ1) is 17.0. The summed E-state index contributed by atoms with van der Waals surface area (Å²) in [6.45, 7) is 0.418. The number of carbonyl (C=O) groups excluding carboxylic acids is 2. The molecule has 6 heteroatoms. The van der Waals surface area contributed by atoms with E-state index in [-0.39, 0.29) is 36.5 Å². The lowest BCUT2D eigenvalue weighted by Crippen LogP contribution is -2.38. The third-order valence-electron chi connectivity index (χ3n) is 4.13. The highest BCUT2D eigenvalue weighted by molar-refractivity contribution is 5.97. The van der Waals surface area contributed by atoms with Crippen molar-refractivity contribution in [3.05, 3.63) is 59.9 Å². The Balaban J connectivity index is 1.60. The molecule has 2 amide bonds. The van der Waals surface area contributed by atoms with Gasteiger partial charge in [0.25, 0.3) is 0 Å². The SMILES string of the molecule is COc1cccc(N2C[C@@H](NC(=O)Cc3ccc(F)cc3)CC2=O)c1. The van der Waals surface area contributed by atoms with Crippen LogP contribution in [0.15, 0.2) is 48.5 Å². The van der Waals surface area contributed by atoms with E-state index in [2.05, 4.69) is 5.32 Å². The van der Waals surface area contributed by atoms with E-state index in [4.69, 9.17) is 4.74 Å². The second kappa shape index (κ2) is 7.34. The zero-order chi connectivity index (χ0) is 17.8. The van der Waals surface area contributed by atoms with Crippen LogP contribution in [0.5, 0.6) is 5.75 Å². The van der Waals surface area contributed by atoms with Gasteiger partial charge < -0.3 is 15.0 Å². The molecule has 5 nitrogen and oxygen atoms in total. The van der Waals surface area contributed by atoms with Crippen LogP contribution < -0.4 is 15.0 Å². The predicted molar refractivity (Wildman–Crippen MR) is 92.0 cm³/mol. The summed E-state index contributed by atoms with van der Waals surface area (Å²) in [7, 11) is 1.57. The lowest BCUT2D eigenvalue weighted by Gasteiger charge is -2.18. The maximum absolute atomic E-state index is 12.9. The first-order valence-corrected chi connectivity index (χ1v) is 8.03. The molecule has 0 spiro atoms. The van der Waals surface area contributed by atoms with Crippen molar-refractivity contribution < 1.29 is 18.7 Å². The van der Waals surface area contributed by atoms with Crippen molar-refractivity contribution >= 4 is 17.5 Å². The molecule has 0 aliphatic carbocycles. The van der Waals surface area contributed by atoms with Crippen molar-refractivity contribution in [3.8, 4) is 5.75 Å². The van der Waals surface area contributed by atoms with E-state index in [0.29, 0.717) is 12.3 Å². The lowest BCUT2D eigenvalue weighted by molar-refractivity contribution is -0.121. The Hall–Kier alpha value is -2.89. The van der Waals surface area contributed by atoms with Gasteiger partial charge in [0.2, 0.25) is 11.8 Å². The van der Waals surface area contributed by atoms with Gasteiger partial charge in [-0.1, -0.05) is 18.2 Å². The number of anilines is 1. The van der Waals surface area contributed by atoms with Crippen LogP contribution in [0.2, 0.25) is 0 Å². The summed E-state index contributed by atoms with van der Waals surface area (Å²) in [4.78, 5) is 26.0. The number of ether oxygens (including phenoxy) is 1. The van der Waals surface area contributed by atoms with Crippen LogP contribution >= 0.6 is 0 Å². The minimum atomic E-state index is -0.334. The average Bonchev–Trinajstić information content (AvgIpc) is 2.97. The Bertz CT molecular complexity index is 776. The summed E-state index contributed by atoms with van der Waals surface area (Å²) >= 11 is 0. The molecule has 0 radical (unpaired) electrons. The molecule has 1 fully saturated rings. The molecule has 1 aliphatic rings. The molecule has 2 aromatic carbocycles. The van der Waals surface area contributed by atoms with Crippen LogP contribution in [0.1, 0.15) is 12.0 Å². The molecule has 0 saturated carbocycles. The summed E-state index contributed by atoms with van der Waals surface area (Å²) in [5, 5.41) is 2.87. The topological polar surface area (TPSA) is 58.6 Å². The third kappa shape index (κ3) is 4.15. The molecule has 0 aromatic heterocycles. The molecule has 25 heavy (non-hydrogen) atoms.